The second-order valence-electron chi connectivity index (χ2n) is 10.4. The van der Waals surface area contributed by atoms with Gasteiger partial charge in [0.15, 0.2) is 0 Å². The molecule has 4 aliphatic rings. The van der Waals surface area contributed by atoms with Crippen LogP contribution in [0.4, 0.5) is 17.1 Å². The molecule has 4 aromatic carbocycles. The normalized spacial score (nSPS) is 14.9. The Morgan fingerprint density at radius 3 is 2.20 bits per heavy atom. The van der Waals surface area contributed by atoms with Gasteiger partial charge >= 0.3 is 0 Å². The van der Waals surface area contributed by atoms with Gasteiger partial charge in [0, 0.05) is 19.0 Å². The van der Waals surface area contributed by atoms with E-state index < -0.39 is 0 Å². The van der Waals surface area contributed by atoms with E-state index in [2.05, 4.69) is 88.9 Å². The van der Waals surface area contributed by atoms with Gasteiger partial charge in [-0.15, -0.1) is 0 Å². The highest BCUT2D eigenvalue weighted by Gasteiger charge is 2.37. The number of benzene rings is 4. The first-order valence-corrected chi connectivity index (χ1v) is 12.6. The van der Waals surface area contributed by atoms with E-state index in [1.54, 1.807) is 0 Å². The van der Waals surface area contributed by atoms with Gasteiger partial charge in [-0.2, -0.15) is 0 Å². The topological polar surface area (TPSA) is 16.1 Å². The average Bonchev–Trinajstić information content (AvgIpc) is 3.44. The van der Waals surface area contributed by atoms with Crippen LogP contribution in [0, 0.1) is 0 Å². The Labute approximate surface area is 204 Å². The summed E-state index contributed by atoms with van der Waals surface area (Å²) in [5.41, 5.74) is 21.3. The van der Waals surface area contributed by atoms with Crippen molar-refractivity contribution in [3.63, 3.8) is 0 Å². The lowest BCUT2D eigenvalue weighted by molar-refractivity contribution is 0.995. The molecule has 0 spiro atoms. The molecule has 9 rings (SSSR count). The lowest BCUT2D eigenvalue weighted by Crippen LogP contribution is -2.25. The fraction of sp³-hybridized carbons (Fsp3) is 0.121. The summed E-state index contributed by atoms with van der Waals surface area (Å²) in [7, 11) is 0. The molecule has 0 bridgehead atoms. The number of rotatable bonds is 0. The highest BCUT2D eigenvalue weighted by atomic mass is 15.2. The minimum absolute atomic E-state index is 0.976. The standard InChI is InChI=1S/C33H22N2/c1-3-7-26-19(5-1)11-22-14-23-16-29-32-24(12-20-6-2-4-8-27(20)32)15-25-13-21-9-10-34-18-31(21)35(33(25)29)30(23)17-28(22)26/h1-10,14-15,17-18H,11-13,16H2. The predicted octanol–water partition coefficient (Wildman–Crippen LogP) is 7.50. The van der Waals surface area contributed by atoms with E-state index in [1.165, 1.54) is 83.8 Å². The molecule has 0 saturated heterocycles. The van der Waals surface area contributed by atoms with Crippen molar-refractivity contribution in [3.8, 4) is 22.3 Å². The third kappa shape index (κ3) is 2.27. The van der Waals surface area contributed by atoms with Crippen LogP contribution < -0.4 is 4.90 Å². The van der Waals surface area contributed by atoms with Crippen LogP contribution in [0.15, 0.2) is 85.2 Å². The monoisotopic (exact) mass is 446 g/mol. The minimum Gasteiger partial charge on any atom is -0.308 e. The second-order valence-corrected chi connectivity index (χ2v) is 10.4. The fourth-order valence-electron chi connectivity index (χ4n) is 7.15. The predicted molar refractivity (Wildman–Crippen MR) is 141 cm³/mol. The van der Waals surface area contributed by atoms with Crippen molar-refractivity contribution in [1.29, 1.82) is 0 Å². The molecule has 0 fully saturated rings. The number of aromatic nitrogens is 1. The van der Waals surface area contributed by atoms with Crippen LogP contribution in [-0.2, 0) is 25.7 Å². The molecule has 2 nitrogen and oxygen atoms in total. The van der Waals surface area contributed by atoms with Gasteiger partial charge in [0.1, 0.15) is 0 Å². The van der Waals surface area contributed by atoms with Gasteiger partial charge in [-0.25, -0.2) is 0 Å². The first kappa shape index (κ1) is 18.2. The van der Waals surface area contributed by atoms with Crippen molar-refractivity contribution in [2.24, 2.45) is 0 Å². The summed E-state index contributed by atoms with van der Waals surface area (Å²) in [5.74, 6) is 0. The summed E-state index contributed by atoms with van der Waals surface area (Å²) in [6.07, 6.45) is 8.05. The molecule has 0 N–H and O–H groups in total. The van der Waals surface area contributed by atoms with E-state index in [0.29, 0.717) is 0 Å². The third-order valence-electron chi connectivity index (χ3n) is 8.56. The summed E-state index contributed by atoms with van der Waals surface area (Å²) in [4.78, 5) is 7.11. The second kappa shape index (κ2) is 6.28. The maximum absolute atomic E-state index is 4.57. The number of hydrogen-bond acceptors (Lipinski definition) is 2. The molecule has 0 atom stereocenters. The highest BCUT2D eigenvalue weighted by Crippen LogP contribution is 2.56. The Balaban J connectivity index is 1.36. The van der Waals surface area contributed by atoms with E-state index in [9.17, 15) is 0 Å². The van der Waals surface area contributed by atoms with Gasteiger partial charge in [-0.1, -0.05) is 60.7 Å². The van der Waals surface area contributed by atoms with Crippen molar-refractivity contribution >= 4 is 17.1 Å². The molecule has 2 aliphatic heterocycles. The van der Waals surface area contributed by atoms with Gasteiger partial charge in [0.05, 0.1) is 23.3 Å². The largest absolute Gasteiger partial charge is 0.308 e. The smallest absolute Gasteiger partial charge is 0.0680 e. The minimum atomic E-state index is 0.976. The van der Waals surface area contributed by atoms with Crippen LogP contribution >= 0.6 is 0 Å². The van der Waals surface area contributed by atoms with Crippen molar-refractivity contribution in [3.05, 3.63) is 130 Å². The Hall–Kier alpha value is -4.17. The summed E-state index contributed by atoms with van der Waals surface area (Å²) >= 11 is 0. The Bertz CT molecular complexity index is 1760. The first-order chi connectivity index (χ1) is 17.3. The van der Waals surface area contributed by atoms with Crippen LogP contribution in [-0.4, -0.2) is 4.98 Å². The average molecular weight is 447 g/mol. The Morgan fingerprint density at radius 2 is 1.29 bits per heavy atom. The number of nitrogens with zero attached hydrogens (tertiary/aromatic N) is 2. The maximum atomic E-state index is 4.57. The number of hydrogen-bond donors (Lipinski definition) is 0. The molecule has 164 valence electrons. The fourth-order valence-corrected chi connectivity index (χ4v) is 7.15. The Kier molecular flexibility index (Phi) is 3.27. The summed E-state index contributed by atoms with van der Waals surface area (Å²) in [6.45, 7) is 0. The van der Waals surface area contributed by atoms with E-state index in [1.807, 2.05) is 6.20 Å². The zero-order chi connectivity index (χ0) is 22.7. The highest BCUT2D eigenvalue weighted by molar-refractivity contribution is 5.97. The van der Waals surface area contributed by atoms with Crippen LogP contribution in [0.5, 0.6) is 0 Å². The molecule has 35 heavy (non-hydrogen) atoms. The van der Waals surface area contributed by atoms with Gasteiger partial charge in [-0.3, -0.25) is 4.98 Å². The molecule has 2 aliphatic carbocycles. The number of pyridine rings is 1. The van der Waals surface area contributed by atoms with E-state index >= 15 is 0 Å². The van der Waals surface area contributed by atoms with E-state index in [4.69, 9.17) is 0 Å². The van der Waals surface area contributed by atoms with Gasteiger partial charge in [-0.05, 0) is 91.7 Å². The van der Waals surface area contributed by atoms with Crippen molar-refractivity contribution in [2.45, 2.75) is 25.7 Å². The molecular formula is C33H22N2. The molecule has 2 heteroatoms. The van der Waals surface area contributed by atoms with Crippen LogP contribution in [0.25, 0.3) is 22.3 Å². The van der Waals surface area contributed by atoms with E-state index in [-0.39, 0.29) is 0 Å². The molecular weight excluding hydrogens is 424 g/mol. The van der Waals surface area contributed by atoms with Crippen LogP contribution in [0.3, 0.4) is 0 Å². The maximum Gasteiger partial charge on any atom is 0.0680 e. The number of anilines is 3. The Morgan fingerprint density at radius 1 is 0.543 bits per heavy atom. The quantitative estimate of drug-likeness (QED) is 0.240. The first-order valence-electron chi connectivity index (χ1n) is 12.6. The number of fused-ring (bicyclic) bond motifs is 11. The van der Waals surface area contributed by atoms with Crippen LogP contribution in [0.1, 0.15) is 44.5 Å². The van der Waals surface area contributed by atoms with Crippen molar-refractivity contribution in [2.75, 3.05) is 4.90 Å². The summed E-state index contributed by atoms with van der Waals surface area (Å²) in [6, 6.07) is 27.6. The van der Waals surface area contributed by atoms with E-state index in [0.717, 1.165) is 25.7 Å². The van der Waals surface area contributed by atoms with Crippen molar-refractivity contribution < 1.29 is 0 Å². The molecule has 5 aromatic rings. The molecule has 0 amide bonds. The molecule has 0 radical (unpaired) electrons. The van der Waals surface area contributed by atoms with Gasteiger partial charge in [0.2, 0.25) is 0 Å². The molecule has 3 heterocycles. The lowest BCUT2D eigenvalue weighted by Gasteiger charge is -2.40. The van der Waals surface area contributed by atoms with Gasteiger partial charge < -0.3 is 4.90 Å². The van der Waals surface area contributed by atoms with Crippen LogP contribution in [0.2, 0.25) is 0 Å². The molecule has 0 saturated carbocycles. The molecule has 0 unspecified atom stereocenters. The summed E-state index contributed by atoms with van der Waals surface area (Å²) < 4.78 is 0. The lowest BCUT2D eigenvalue weighted by atomic mass is 9.81. The SMILES string of the molecule is c1ccc2c(c1)Cc1cc3c(cc1-2)N1c2cnccc2Cc2cc4c(c(c21)C3)-c1ccccc1C4. The zero-order valence-corrected chi connectivity index (χ0v) is 19.3. The van der Waals surface area contributed by atoms with Gasteiger partial charge in [0.25, 0.3) is 0 Å². The summed E-state index contributed by atoms with van der Waals surface area (Å²) in [5, 5.41) is 0. The van der Waals surface area contributed by atoms with Crippen molar-refractivity contribution in [1.82, 2.24) is 4.98 Å². The third-order valence-corrected chi connectivity index (χ3v) is 8.56. The zero-order valence-electron chi connectivity index (χ0n) is 19.3. The molecule has 1 aromatic heterocycles.